The molecule has 4 rings (SSSR count). The molecule has 11 heteroatoms. The van der Waals surface area contributed by atoms with Crippen LogP contribution in [0.5, 0.6) is 0 Å². The van der Waals surface area contributed by atoms with Gasteiger partial charge in [0, 0.05) is 26.1 Å². The highest BCUT2D eigenvalue weighted by molar-refractivity contribution is 6.39. The molecular weight excluding hydrogens is 519 g/mol. The van der Waals surface area contributed by atoms with Crippen molar-refractivity contribution in [1.82, 2.24) is 15.1 Å². The van der Waals surface area contributed by atoms with E-state index in [4.69, 9.17) is 27.9 Å². The molecule has 1 aliphatic heterocycles. The van der Waals surface area contributed by atoms with Gasteiger partial charge in [-0.1, -0.05) is 53.5 Å². The minimum absolute atomic E-state index is 0.0213. The molecule has 0 saturated carbocycles. The number of aryl methyl sites for hydroxylation is 1. The summed E-state index contributed by atoms with van der Waals surface area (Å²) in [6, 6.07) is 10.5. The number of hydrogen-bond acceptors (Lipinski definition) is 6. The lowest BCUT2D eigenvalue weighted by atomic mass is 10.00. The fourth-order valence-electron chi connectivity index (χ4n) is 4.21. The number of nitrogens with zero attached hydrogens (tertiary/aromatic N) is 3. The van der Waals surface area contributed by atoms with Gasteiger partial charge >= 0.3 is 5.97 Å². The summed E-state index contributed by atoms with van der Waals surface area (Å²) in [5.74, 6) is -1.87. The number of carbonyl (C=O) groups is 2. The average Bonchev–Trinajstić information content (AvgIpc) is 2.89. The average molecular weight is 545 g/mol. The molecule has 0 radical (unpaired) electrons. The Hall–Kier alpha value is -3.40. The number of anilines is 1. The molecule has 0 aliphatic carbocycles. The Kier molecular flexibility index (Phi) is 8.48. The van der Waals surface area contributed by atoms with E-state index >= 15 is 0 Å². The predicted octanol–water partition coefficient (Wildman–Crippen LogP) is 3.50. The van der Waals surface area contributed by atoms with E-state index in [1.807, 2.05) is 6.92 Å². The second kappa shape index (κ2) is 11.8. The smallest absolute Gasteiger partial charge is 0.326 e. The minimum Gasteiger partial charge on any atom is -0.480 e. The quantitative estimate of drug-likeness (QED) is 0.446. The van der Waals surface area contributed by atoms with Crippen LogP contribution in [-0.4, -0.2) is 59.1 Å². The standard InChI is InChI=1S/C26H26Cl2N4O5/c1-2-32-25(34)22(21(15-29-32)31-10-12-37-13-11-31)17-8-6-16(7-9-17)14-20(26(35)36)30-24(33)23-18(27)4-3-5-19(23)28/h3-9,15,20H,2,10-14H2,1H3,(H,30,33)(H,35,36)/t20-/m0/s1. The highest BCUT2D eigenvalue weighted by Gasteiger charge is 2.24. The van der Waals surface area contributed by atoms with Crippen molar-refractivity contribution in [1.29, 1.82) is 0 Å². The topological polar surface area (TPSA) is 114 Å². The zero-order valence-corrected chi connectivity index (χ0v) is 21.6. The summed E-state index contributed by atoms with van der Waals surface area (Å²) in [6.45, 7) is 4.72. The molecule has 1 aromatic heterocycles. The molecule has 194 valence electrons. The number of halogens is 2. The van der Waals surface area contributed by atoms with Crippen molar-refractivity contribution in [2.45, 2.75) is 25.9 Å². The van der Waals surface area contributed by atoms with Crippen LogP contribution < -0.4 is 15.8 Å². The number of hydrogen-bond donors (Lipinski definition) is 2. The third kappa shape index (κ3) is 5.95. The molecule has 1 aliphatic rings. The van der Waals surface area contributed by atoms with Crippen molar-refractivity contribution in [3.8, 4) is 11.1 Å². The van der Waals surface area contributed by atoms with Crippen molar-refractivity contribution < 1.29 is 19.4 Å². The first kappa shape index (κ1) is 26.7. The lowest BCUT2D eigenvalue weighted by Crippen LogP contribution is -2.42. The summed E-state index contributed by atoms with van der Waals surface area (Å²) in [5.41, 5.74) is 2.44. The molecular formula is C26H26Cl2N4O5. The van der Waals surface area contributed by atoms with Crippen molar-refractivity contribution in [2.75, 3.05) is 31.2 Å². The first-order chi connectivity index (χ1) is 17.8. The third-order valence-corrected chi connectivity index (χ3v) is 6.78. The Morgan fingerprint density at radius 1 is 1.11 bits per heavy atom. The Morgan fingerprint density at radius 2 is 1.76 bits per heavy atom. The van der Waals surface area contributed by atoms with Gasteiger partial charge in [0.1, 0.15) is 6.04 Å². The van der Waals surface area contributed by atoms with Crippen LogP contribution in [0, 0.1) is 0 Å². The van der Waals surface area contributed by atoms with Crippen molar-refractivity contribution in [2.24, 2.45) is 0 Å². The van der Waals surface area contributed by atoms with E-state index in [2.05, 4.69) is 15.3 Å². The number of ether oxygens (including phenoxy) is 1. The number of carbonyl (C=O) groups excluding carboxylic acids is 1. The van der Waals surface area contributed by atoms with Crippen molar-refractivity contribution in [3.63, 3.8) is 0 Å². The lowest BCUT2D eigenvalue weighted by Gasteiger charge is -2.30. The molecule has 3 aromatic rings. The van der Waals surface area contributed by atoms with Crippen LogP contribution in [-0.2, 0) is 22.5 Å². The molecule has 1 amide bonds. The number of benzene rings is 2. The molecule has 2 aromatic carbocycles. The van der Waals surface area contributed by atoms with Gasteiger partial charge in [-0.25, -0.2) is 9.48 Å². The van der Waals surface area contributed by atoms with Crippen LogP contribution >= 0.6 is 23.2 Å². The minimum atomic E-state index is -1.21. The van der Waals surface area contributed by atoms with Gasteiger partial charge in [-0.15, -0.1) is 0 Å². The molecule has 2 heterocycles. The predicted molar refractivity (Wildman–Crippen MR) is 142 cm³/mol. The maximum absolute atomic E-state index is 13.2. The van der Waals surface area contributed by atoms with E-state index in [1.165, 1.54) is 16.8 Å². The Balaban J connectivity index is 1.59. The molecule has 0 unspecified atom stereocenters. The first-order valence-electron chi connectivity index (χ1n) is 11.8. The Morgan fingerprint density at radius 3 is 2.35 bits per heavy atom. The maximum Gasteiger partial charge on any atom is 0.326 e. The van der Waals surface area contributed by atoms with Crippen LogP contribution in [0.4, 0.5) is 5.69 Å². The van der Waals surface area contributed by atoms with E-state index < -0.39 is 17.9 Å². The monoisotopic (exact) mass is 544 g/mol. The second-order valence-electron chi connectivity index (χ2n) is 8.49. The van der Waals surface area contributed by atoms with Gasteiger partial charge in [-0.05, 0) is 30.2 Å². The molecule has 0 spiro atoms. The van der Waals surface area contributed by atoms with E-state index in [9.17, 15) is 19.5 Å². The van der Waals surface area contributed by atoms with Gasteiger partial charge in [0.2, 0.25) is 0 Å². The van der Waals surface area contributed by atoms with Gasteiger partial charge in [0.15, 0.2) is 0 Å². The maximum atomic E-state index is 13.2. The number of carboxylic acids is 1. The van der Waals surface area contributed by atoms with Crippen LogP contribution in [0.2, 0.25) is 10.0 Å². The fraction of sp³-hybridized carbons (Fsp3) is 0.308. The van der Waals surface area contributed by atoms with Crippen molar-refractivity contribution >= 4 is 40.8 Å². The molecule has 1 fully saturated rings. The zero-order chi connectivity index (χ0) is 26.5. The van der Waals surface area contributed by atoms with Crippen LogP contribution in [0.3, 0.4) is 0 Å². The summed E-state index contributed by atoms with van der Waals surface area (Å²) in [6.07, 6.45) is 1.73. The van der Waals surface area contributed by atoms with Gasteiger partial charge < -0.3 is 20.1 Å². The molecule has 1 saturated heterocycles. The van der Waals surface area contributed by atoms with Crippen LogP contribution in [0.15, 0.2) is 53.5 Å². The van der Waals surface area contributed by atoms with E-state index in [-0.39, 0.29) is 27.6 Å². The van der Waals surface area contributed by atoms with Gasteiger partial charge in [0.25, 0.3) is 11.5 Å². The summed E-state index contributed by atoms with van der Waals surface area (Å²) in [7, 11) is 0. The number of morpholine rings is 1. The Labute approximate surface area is 223 Å². The molecule has 0 bridgehead atoms. The third-order valence-electron chi connectivity index (χ3n) is 6.15. The van der Waals surface area contributed by atoms with E-state index in [0.29, 0.717) is 49.5 Å². The number of aliphatic carboxylic acids is 1. The molecule has 9 nitrogen and oxygen atoms in total. The molecule has 37 heavy (non-hydrogen) atoms. The largest absolute Gasteiger partial charge is 0.480 e. The summed E-state index contributed by atoms with van der Waals surface area (Å²) in [4.78, 5) is 39.9. The first-order valence-corrected chi connectivity index (χ1v) is 12.6. The number of aromatic nitrogens is 2. The Bertz CT molecular complexity index is 1330. The summed E-state index contributed by atoms with van der Waals surface area (Å²) < 4.78 is 6.85. The highest BCUT2D eigenvalue weighted by Crippen LogP contribution is 2.28. The van der Waals surface area contributed by atoms with Gasteiger partial charge in [-0.3, -0.25) is 9.59 Å². The SMILES string of the molecule is CCn1ncc(N2CCOCC2)c(-c2ccc(C[C@H](NC(=O)c3c(Cl)cccc3Cl)C(=O)O)cc2)c1=O. The second-order valence-corrected chi connectivity index (χ2v) is 9.30. The van der Waals surface area contributed by atoms with Gasteiger partial charge in [-0.2, -0.15) is 5.10 Å². The number of amides is 1. The van der Waals surface area contributed by atoms with Crippen molar-refractivity contribution in [3.05, 3.63) is 80.2 Å². The fourth-order valence-corrected chi connectivity index (χ4v) is 4.78. The van der Waals surface area contributed by atoms with E-state index in [1.54, 1.807) is 36.5 Å². The molecule has 1 atom stereocenters. The zero-order valence-electron chi connectivity index (χ0n) is 20.1. The number of carboxylic acid groups (broad SMARTS) is 1. The normalized spacial score (nSPS) is 14.3. The van der Waals surface area contributed by atoms with Crippen LogP contribution in [0.25, 0.3) is 11.1 Å². The van der Waals surface area contributed by atoms with E-state index in [0.717, 1.165) is 5.69 Å². The number of nitrogens with one attached hydrogen (secondary N) is 1. The summed E-state index contributed by atoms with van der Waals surface area (Å²) >= 11 is 12.2. The summed E-state index contributed by atoms with van der Waals surface area (Å²) in [5, 5.41) is 16.8. The highest BCUT2D eigenvalue weighted by atomic mass is 35.5. The molecule has 2 N–H and O–H groups in total. The lowest BCUT2D eigenvalue weighted by molar-refractivity contribution is -0.139. The van der Waals surface area contributed by atoms with Crippen LogP contribution in [0.1, 0.15) is 22.8 Å². The number of rotatable bonds is 8. The van der Waals surface area contributed by atoms with Gasteiger partial charge in [0.05, 0.1) is 46.3 Å².